The molecule has 0 spiro atoms. The topological polar surface area (TPSA) is 66.3 Å². The molecule has 0 aromatic carbocycles. The average Bonchev–Trinajstić information content (AvgIpc) is 2.85. The highest BCUT2D eigenvalue weighted by molar-refractivity contribution is 7.16. The smallest absolute Gasteiger partial charge is 0.308 e. The molecular weight excluding hydrogens is 262 g/mol. The van der Waals surface area contributed by atoms with Gasteiger partial charge in [-0.15, -0.1) is 11.3 Å². The largest absolute Gasteiger partial charge is 0.481 e. The van der Waals surface area contributed by atoms with Gasteiger partial charge >= 0.3 is 5.97 Å². The third-order valence-electron chi connectivity index (χ3n) is 3.55. The summed E-state index contributed by atoms with van der Waals surface area (Å²) in [5, 5.41) is 12.2. The number of aliphatic carboxylic acids is 1. The van der Waals surface area contributed by atoms with Crippen LogP contribution in [0, 0.1) is 11.8 Å². The molecule has 6 heteroatoms. The molecular formula is C13H15N3O2S. The number of fused-ring (bicyclic) bond motifs is 1. The second kappa shape index (κ2) is 4.77. The quantitative estimate of drug-likeness (QED) is 0.912. The third-order valence-corrected chi connectivity index (χ3v) is 4.37. The molecule has 100 valence electrons. The van der Waals surface area contributed by atoms with Crippen LogP contribution in [0.3, 0.4) is 0 Å². The van der Waals surface area contributed by atoms with Gasteiger partial charge in [0.2, 0.25) is 0 Å². The van der Waals surface area contributed by atoms with E-state index in [9.17, 15) is 9.90 Å². The van der Waals surface area contributed by atoms with Crippen molar-refractivity contribution in [2.75, 3.05) is 18.0 Å². The van der Waals surface area contributed by atoms with Gasteiger partial charge in [-0.2, -0.15) is 0 Å². The van der Waals surface area contributed by atoms with Crippen LogP contribution >= 0.6 is 11.3 Å². The van der Waals surface area contributed by atoms with Crippen LogP contribution in [0.1, 0.15) is 13.3 Å². The molecule has 0 aliphatic carbocycles. The highest BCUT2D eigenvalue weighted by Gasteiger charge is 2.30. The van der Waals surface area contributed by atoms with Crippen molar-refractivity contribution < 1.29 is 9.90 Å². The van der Waals surface area contributed by atoms with E-state index in [1.165, 1.54) is 0 Å². The molecule has 1 aliphatic heterocycles. The van der Waals surface area contributed by atoms with Crippen molar-refractivity contribution in [2.24, 2.45) is 11.8 Å². The Labute approximate surface area is 114 Å². The first-order chi connectivity index (χ1) is 9.15. The monoisotopic (exact) mass is 277 g/mol. The van der Waals surface area contributed by atoms with Gasteiger partial charge in [-0.25, -0.2) is 9.97 Å². The van der Waals surface area contributed by atoms with E-state index >= 15 is 0 Å². The van der Waals surface area contributed by atoms with Crippen LogP contribution in [-0.4, -0.2) is 34.1 Å². The predicted molar refractivity (Wildman–Crippen MR) is 74.5 cm³/mol. The van der Waals surface area contributed by atoms with Crippen LogP contribution in [-0.2, 0) is 4.79 Å². The Morgan fingerprint density at radius 2 is 2.32 bits per heavy atom. The van der Waals surface area contributed by atoms with Gasteiger partial charge in [0.15, 0.2) is 0 Å². The molecule has 2 atom stereocenters. The Kier molecular flexibility index (Phi) is 3.10. The standard InChI is InChI=1S/C13H15N3O2S/c1-8-4-9(13(17)18)6-16(5-8)11-10-2-3-19-12(10)15-7-14-11/h2-3,7-9H,4-6H2,1H3,(H,17,18). The van der Waals surface area contributed by atoms with Gasteiger partial charge in [0, 0.05) is 13.1 Å². The van der Waals surface area contributed by atoms with Crippen molar-refractivity contribution in [3.05, 3.63) is 17.8 Å². The third kappa shape index (κ3) is 2.28. The summed E-state index contributed by atoms with van der Waals surface area (Å²) in [6, 6.07) is 2.00. The first-order valence-corrected chi connectivity index (χ1v) is 7.19. The number of carboxylic acid groups (broad SMARTS) is 1. The van der Waals surface area contributed by atoms with Gasteiger partial charge in [-0.05, 0) is 23.8 Å². The van der Waals surface area contributed by atoms with Crippen LogP contribution < -0.4 is 4.90 Å². The molecule has 0 amide bonds. The predicted octanol–water partition coefficient (Wildman–Crippen LogP) is 2.24. The fraction of sp³-hybridized carbons (Fsp3) is 0.462. The second-order valence-corrected chi connectivity index (χ2v) is 6.01. The van der Waals surface area contributed by atoms with E-state index in [1.54, 1.807) is 17.7 Å². The van der Waals surface area contributed by atoms with Gasteiger partial charge in [0.25, 0.3) is 0 Å². The zero-order valence-corrected chi connectivity index (χ0v) is 11.4. The Morgan fingerprint density at radius 1 is 1.47 bits per heavy atom. The molecule has 1 saturated heterocycles. The molecule has 5 nitrogen and oxygen atoms in total. The molecule has 2 aromatic heterocycles. The molecule has 2 unspecified atom stereocenters. The maximum Gasteiger partial charge on any atom is 0.308 e. The van der Waals surface area contributed by atoms with Crippen LogP contribution in [0.15, 0.2) is 17.8 Å². The lowest BCUT2D eigenvalue weighted by Gasteiger charge is -2.35. The minimum absolute atomic E-state index is 0.313. The summed E-state index contributed by atoms with van der Waals surface area (Å²) in [5.41, 5.74) is 0. The molecule has 19 heavy (non-hydrogen) atoms. The second-order valence-electron chi connectivity index (χ2n) is 5.12. The highest BCUT2D eigenvalue weighted by atomic mass is 32.1. The van der Waals surface area contributed by atoms with Crippen molar-refractivity contribution in [1.29, 1.82) is 0 Å². The lowest BCUT2D eigenvalue weighted by Crippen LogP contribution is -2.43. The van der Waals surface area contributed by atoms with Crippen molar-refractivity contribution in [3.8, 4) is 0 Å². The van der Waals surface area contributed by atoms with E-state index in [0.717, 1.165) is 29.0 Å². The minimum atomic E-state index is -0.716. The summed E-state index contributed by atoms with van der Waals surface area (Å²) in [7, 11) is 0. The number of aromatic nitrogens is 2. The zero-order chi connectivity index (χ0) is 13.4. The number of rotatable bonds is 2. The normalized spacial score (nSPS) is 23.7. The van der Waals surface area contributed by atoms with E-state index in [1.807, 2.05) is 11.4 Å². The van der Waals surface area contributed by atoms with Gasteiger partial charge in [0.05, 0.1) is 11.3 Å². The minimum Gasteiger partial charge on any atom is -0.481 e. The number of hydrogen-bond acceptors (Lipinski definition) is 5. The van der Waals surface area contributed by atoms with E-state index in [0.29, 0.717) is 12.5 Å². The fourth-order valence-electron chi connectivity index (χ4n) is 2.73. The van der Waals surface area contributed by atoms with Crippen molar-refractivity contribution in [2.45, 2.75) is 13.3 Å². The summed E-state index contributed by atoms with van der Waals surface area (Å²) in [5.74, 6) is 0.196. The number of anilines is 1. The summed E-state index contributed by atoms with van der Waals surface area (Å²) in [6.45, 7) is 3.47. The summed E-state index contributed by atoms with van der Waals surface area (Å²) >= 11 is 1.58. The van der Waals surface area contributed by atoms with Crippen LogP contribution in [0.25, 0.3) is 10.2 Å². The van der Waals surface area contributed by atoms with E-state index < -0.39 is 5.97 Å². The maximum atomic E-state index is 11.2. The highest BCUT2D eigenvalue weighted by Crippen LogP contribution is 2.31. The molecule has 1 N–H and O–H groups in total. The molecule has 0 bridgehead atoms. The molecule has 3 rings (SSSR count). The van der Waals surface area contributed by atoms with E-state index in [-0.39, 0.29) is 5.92 Å². The van der Waals surface area contributed by atoms with Gasteiger partial charge in [-0.1, -0.05) is 6.92 Å². The number of carboxylic acids is 1. The van der Waals surface area contributed by atoms with Crippen molar-refractivity contribution in [3.63, 3.8) is 0 Å². The fourth-order valence-corrected chi connectivity index (χ4v) is 3.46. The van der Waals surface area contributed by atoms with E-state index in [4.69, 9.17) is 0 Å². The van der Waals surface area contributed by atoms with Gasteiger partial charge in [-0.3, -0.25) is 4.79 Å². The molecule has 0 radical (unpaired) electrons. The molecule has 3 heterocycles. The van der Waals surface area contributed by atoms with Crippen LogP contribution in [0.2, 0.25) is 0 Å². The average molecular weight is 277 g/mol. The molecule has 1 fully saturated rings. The number of thiophene rings is 1. The lowest BCUT2D eigenvalue weighted by molar-refractivity contribution is -0.142. The van der Waals surface area contributed by atoms with Gasteiger partial charge < -0.3 is 10.0 Å². The summed E-state index contributed by atoms with van der Waals surface area (Å²) in [4.78, 5) is 22.9. The maximum absolute atomic E-state index is 11.2. The summed E-state index contributed by atoms with van der Waals surface area (Å²) in [6.07, 6.45) is 2.30. The number of carbonyl (C=O) groups is 1. The van der Waals surface area contributed by atoms with Crippen LogP contribution in [0.4, 0.5) is 5.82 Å². The molecule has 0 saturated carbocycles. The van der Waals surface area contributed by atoms with E-state index in [2.05, 4.69) is 21.8 Å². The Hall–Kier alpha value is -1.69. The summed E-state index contributed by atoms with van der Waals surface area (Å²) < 4.78 is 0. The first kappa shape index (κ1) is 12.3. The molecule has 2 aromatic rings. The van der Waals surface area contributed by atoms with Gasteiger partial charge in [0.1, 0.15) is 17.0 Å². The number of hydrogen-bond donors (Lipinski definition) is 1. The number of nitrogens with zero attached hydrogens (tertiary/aromatic N) is 3. The number of piperidine rings is 1. The molecule has 1 aliphatic rings. The SMILES string of the molecule is CC1CC(C(=O)O)CN(c2ncnc3sccc23)C1. The Balaban J connectivity index is 1.96. The Bertz CT molecular complexity index is 613. The van der Waals surface area contributed by atoms with Crippen molar-refractivity contribution >= 4 is 33.3 Å². The first-order valence-electron chi connectivity index (χ1n) is 6.31. The van der Waals surface area contributed by atoms with Crippen LogP contribution in [0.5, 0.6) is 0 Å². The Morgan fingerprint density at radius 3 is 3.11 bits per heavy atom. The van der Waals surface area contributed by atoms with Crippen molar-refractivity contribution in [1.82, 2.24) is 9.97 Å². The zero-order valence-electron chi connectivity index (χ0n) is 10.6. The lowest BCUT2D eigenvalue weighted by atomic mass is 9.90.